The minimum absolute atomic E-state index is 0.175. The first kappa shape index (κ1) is 6.23. The summed E-state index contributed by atoms with van der Waals surface area (Å²) in [6.45, 7) is 0. The Morgan fingerprint density at radius 1 is 1.64 bits per heavy atom. The van der Waals surface area contributed by atoms with Crippen molar-refractivity contribution >= 4 is 6.03 Å². The largest absolute Gasteiger partial charge is 0.368 e. The Labute approximate surface area is 62.9 Å². The lowest BCUT2D eigenvalue weighted by Crippen LogP contribution is -2.50. The third kappa shape index (κ3) is 0.857. The number of carbonyl (C=O) groups excluding carboxylic acids is 1. The molecule has 1 unspecified atom stereocenters. The lowest BCUT2D eigenvalue weighted by molar-refractivity contribution is -0.00277. The van der Waals surface area contributed by atoms with E-state index in [9.17, 15) is 4.79 Å². The summed E-state index contributed by atoms with van der Waals surface area (Å²) in [5.41, 5.74) is 0.840. The molecule has 0 aromatic heterocycles. The van der Waals surface area contributed by atoms with Crippen molar-refractivity contribution < 1.29 is 10.0 Å². The number of urea groups is 1. The van der Waals surface area contributed by atoms with Gasteiger partial charge in [-0.25, -0.2) is 4.79 Å². The molecule has 0 aromatic rings. The van der Waals surface area contributed by atoms with E-state index in [-0.39, 0.29) is 6.17 Å². The van der Waals surface area contributed by atoms with Crippen LogP contribution in [-0.2, 0) is 0 Å². The number of hydroxylamine groups is 2. The summed E-state index contributed by atoms with van der Waals surface area (Å²) in [6.07, 6.45) is 4.70. The van der Waals surface area contributed by atoms with E-state index in [1.54, 1.807) is 12.3 Å². The van der Waals surface area contributed by atoms with E-state index in [1.807, 2.05) is 0 Å². The fourth-order valence-corrected chi connectivity index (χ4v) is 1.07. The van der Waals surface area contributed by atoms with Crippen molar-refractivity contribution in [3.8, 4) is 0 Å². The highest BCUT2D eigenvalue weighted by molar-refractivity contribution is 5.76. The number of amides is 2. The normalized spacial score (nSPS) is 27.4. The van der Waals surface area contributed by atoms with Crippen LogP contribution in [0.2, 0.25) is 0 Å². The lowest BCUT2D eigenvalue weighted by atomic mass is 10.2. The third-order valence-corrected chi connectivity index (χ3v) is 1.62. The topological polar surface area (TPSA) is 64.6 Å². The monoisotopic (exact) mass is 153 g/mol. The number of hydrogen-bond acceptors (Lipinski definition) is 3. The molecular weight excluding hydrogens is 146 g/mol. The molecule has 2 rings (SSSR count). The van der Waals surface area contributed by atoms with Crippen LogP contribution in [0.25, 0.3) is 0 Å². The molecule has 0 fully saturated rings. The summed E-state index contributed by atoms with van der Waals surface area (Å²) in [4.78, 5) is 10.8. The zero-order valence-corrected chi connectivity index (χ0v) is 5.61. The Kier molecular flexibility index (Phi) is 1.13. The van der Waals surface area contributed by atoms with Gasteiger partial charge in [0.1, 0.15) is 6.17 Å². The van der Waals surface area contributed by atoms with Crippen molar-refractivity contribution in [2.75, 3.05) is 0 Å². The zero-order valence-electron chi connectivity index (χ0n) is 5.61. The second kappa shape index (κ2) is 2.00. The lowest BCUT2D eigenvalue weighted by Gasteiger charge is -2.23. The first-order valence-corrected chi connectivity index (χ1v) is 3.20. The summed E-state index contributed by atoms with van der Waals surface area (Å²) in [7, 11) is 0. The summed E-state index contributed by atoms with van der Waals surface area (Å²) in [6, 6.07) is -0.519. The molecule has 0 aliphatic carbocycles. The van der Waals surface area contributed by atoms with E-state index in [0.29, 0.717) is 5.06 Å². The highest BCUT2D eigenvalue weighted by Crippen LogP contribution is 2.13. The van der Waals surface area contributed by atoms with Gasteiger partial charge in [0.25, 0.3) is 0 Å². The molecule has 0 saturated heterocycles. The molecule has 1 atom stereocenters. The fourth-order valence-electron chi connectivity index (χ4n) is 1.07. The van der Waals surface area contributed by atoms with Crippen LogP contribution >= 0.6 is 0 Å². The number of nitrogens with one attached hydrogen (secondary N) is 2. The maximum absolute atomic E-state index is 10.8. The van der Waals surface area contributed by atoms with Gasteiger partial charge in [-0.1, -0.05) is 0 Å². The average Bonchev–Trinajstić information content (AvgIpc) is 2.36. The van der Waals surface area contributed by atoms with Gasteiger partial charge in [-0.15, -0.1) is 0 Å². The maximum Gasteiger partial charge on any atom is 0.347 e. The molecule has 58 valence electrons. The van der Waals surface area contributed by atoms with Crippen LogP contribution in [-0.4, -0.2) is 22.5 Å². The smallest absolute Gasteiger partial charge is 0.347 e. The van der Waals surface area contributed by atoms with Crippen LogP contribution < -0.4 is 10.6 Å². The van der Waals surface area contributed by atoms with Gasteiger partial charge in [0.15, 0.2) is 0 Å². The van der Waals surface area contributed by atoms with Gasteiger partial charge in [0, 0.05) is 11.8 Å². The molecule has 5 heteroatoms. The minimum Gasteiger partial charge on any atom is -0.368 e. The zero-order chi connectivity index (χ0) is 7.84. The van der Waals surface area contributed by atoms with Gasteiger partial charge in [-0.3, -0.25) is 5.21 Å². The molecule has 0 radical (unpaired) electrons. The van der Waals surface area contributed by atoms with Crippen molar-refractivity contribution in [1.82, 2.24) is 15.7 Å². The van der Waals surface area contributed by atoms with Gasteiger partial charge < -0.3 is 10.6 Å². The summed E-state index contributed by atoms with van der Waals surface area (Å²) < 4.78 is 0. The Hall–Kier alpha value is -1.49. The van der Waals surface area contributed by atoms with E-state index in [2.05, 4.69) is 10.6 Å². The molecule has 0 saturated carbocycles. The van der Waals surface area contributed by atoms with E-state index >= 15 is 0 Å². The fraction of sp³-hybridized carbons (Fsp3) is 0.167. The van der Waals surface area contributed by atoms with Crippen LogP contribution in [0.5, 0.6) is 0 Å². The van der Waals surface area contributed by atoms with Crippen molar-refractivity contribution in [3.05, 3.63) is 24.0 Å². The van der Waals surface area contributed by atoms with Gasteiger partial charge in [-0.2, -0.15) is 5.06 Å². The quantitative estimate of drug-likeness (QED) is 0.420. The molecule has 2 aliphatic heterocycles. The third-order valence-electron chi connectivity index (χ3n) is 1.62. The predicted molar refractivity (Wildman–Crippen MR) is 36.3 cm³/mol. The molecular formula is C6H7N3O2. The SMILES string of the molecule is O=C1NC2NC=CC2=CN1O. The van der Waals surface area contributed by atoms with Crippen LogP contribution in [0.3, 0.4) is 0 Å². The summed E-state index contributed by atoms with van der Waals surface area (Å²) in [5.74, 6) is 0. The van der Waals surface area contributed by atoms with E-state index in [0.717, 1.165) is 5.57 Å². The molecule has 0 aromatic carbocycles. The van der Waals surface area contributed by atoms with Gasteiger partial charge >= 0.3 is 6.03 Å². The molecule has 3 N–H and O–H groups in total. The number of carbonyl (C=O) groups is 1. The number of fused-ring (bicyclic) bond motifs is 1. The van der Waals surface area contributed by atoms with E-state index < -0.39 is 6.03 Å². The molecule has 5 nitrogen and oxygen atoms in total. The van der Waals surface area contributed by atoms with Crippen LogP contribution in [0, 0.1) is 0 Å². The van der Waals surface area contributed by atoms with Crippen molar-refractivity contribution in [1.29, 1.82) is 0 Å². The van der Waals surface area contributed by atoms with Crippen LogP contribution in [0.1, 0.15) is 0 Å². The van der Waals surface area contributed by atoms with Gasteiger partial charge in [0.05, 0.1) is 0 Å². The maximum atomic E-state index is 10.8. The van der Waals surface area contributed by atoms with Gasteiger partial charge in [-0.05, 0) is 12.3 Å². The molecule has 2 aliphatic rings. The van der Waals surface area contributed by atoms with Crippen LogP contribution in [0.15, 0.2) is 24.0 Å². The Morgan fingerprint density at radius 3 is 3.27 bits per heavy atom. The average molecular weight is 153 g/mol. The Bertz CT molecular complexity index is 259. The van der Waals surface area contributed by atoms with E-state index in [4.69, 9.17) is 5.21 Å². The van der Waals surface area contributed by atoms with Crippen molar-refractivity contribution in [3.63, 3.8) is 0 Å². The summed E-state index contributed by atoms with van der Waals surface area (Å²) >= 11 is 0. The Morgan fingerprint density at radius 2 is 2.45 bits per heavy atom. The molecule has 2 amide bonds. The molecule has 0 spiro atoms. The number of rotatable bonds is 0. The summed E-state index contributed by atoms with van der Waals surface area (Å²) in [5, 5.41) is 14.9. The molecule has 0 bridgehead atoms. The number of hydrogen-bond donors (Lipinski definition) is 3. The van der Waals surface area contributed by atoms with Crippen LogP contribution in [0.4, 0.5) is 4.79 Å². The first-order chi connectivity index (χ1) is 5.27. The highest BCUT2D eigenvalue weighted by Gasteiger charge is 2.25. The second-order valence-corrected chi connectivity index (χ2v) is 2.36. The number of nitrogens with zero attached hydrogens (tertiary/aromatic N) is 1. The highest BCUT2D eigenvalue weighted by atomic mass is 16.5. The van der Waals surface area contributed by atoms with Gasteiger partial charge in [0.2, 0.25) is 0 Å². The second-order valence-electron chi connectivity index (χ2n) is 2.36. The van der Waals surface area contributed by atoms with Crippen molar-refractivity contribution in [2.45, 2.75) is 6.17 Å². The minimum atomic E-state index is -0.519. The van der Waals surface area contributed by atoms with E-state index in [1.165, 1.54) is 6.20 Å². The first-order valence-electron chi connectivity index (χ1n) is 3.20. The predicted octanol–water partition coefficient (Wildman–Crippen LogP) is -0.272. The molecule has 2 heterocycles. The Balaban J connectivity index is 2.29. The van der Waals surface area contributed by atoms with Crippen molar-refractivity contribution in [2.24, 2.45) is 0 Å². The molecule has 11 heavy (non-hydrogen) atoms. The standard InChI is InChI=1S/C6H7N3O2/c10-6-8-5-4(1-2-7-5)3-9(6)11/h1-3,5,7,11H,(H,8,10).